The molecule has 1 saturated carbocycles. The van der Waals surface area contributed by atoms with Crippen molar-refractivity contribution in [2.75, 3.05) is 6.61 Å². The molecule has 3 atom stereocenters. The highest BCUT2D eigenvalue weighted by molar-refractivity contribution is 5.93. The predicted octanol–water partition coefficient (Wildman–Crippen LogP) is 1.68. The number of aliphatic hydroxyl groups excluding tert-OH is 1. The van der Waals surface area contributed by atoms with Gasteiger partial charge in [0.1, 0.15) is 0 Å². The van der Waals surface area contributed by atoms with E-state index < -0.39 is 11.8 Å². The van der Waals surface area contributed by atoms with Crippen LogP contribution in [0, 0.1) is 11.3 Å². The van der Waals surface area contributed by atoms with E-state index in [1.165, 1.54) is 5.57 Å². The highest BCUT2D eigenvalue weighted by Crippen LogP contribution is 2.57. The van der Waals surface area contributed by atoms with Gasteiger partial charge >= 0.3 is 5.97 Å². The van der Waals surface area contributed by atoms with Gasteiger partial charge in [-0.25, -0.2) is 4.79 Å². The van der Waals surface area contributed by atoms with Crippen molar-refractivity contribution in [1.29, 1.82) is 0 Å². The van der Waals surface area contributed by atoms with E-state index in [4.69, 9.17) is 4.74 Å². The fourth-order valence-electron chi connectivity index (χ4n) is 4.09. The largest absolute Gasteiger partial charge is 0.426 e. The van der Waals surface area contributed by atoms with Crippen LogP contribution in [0.5, 0.6) is 0 Å². The van der Waals surface area contributed by atoms with Crippen molar-refractivity contribution < 1.29 is 19.7 Å². The van der Waals surface area contributed by atoms with Gasteiger partial charge in [-0.05, 0) is 37.5 Å². The number of hydrogen-bond donors (Lipinski definition) is 2. The Kier molecular flexibility index (Phi) is 2.67. The third kappa shape index (κ3) is 1.70. The van der Waals surface area contributed by atoms with Gasteiger partial charge in [-0.2, -0.15) is 0 Å². The molecule has 2 N–H and O–H groups in total. The Morgan fingerprint density at radius 2 is 2.26 bits per heavy atom. The van der Waals surface area contributed by atoms with Gasteiger partial charge in [0, 0.05) is 12.0 Å². The van der Waals surface area contributed by atoms with Crippen LogP contribution in [0.4, 0.5) is 0 Å². The number of rotatable bonds is 1. The lowest BCUT2D eigenvalue weighted by atomic mass is 9.57. The van der Waals surface area contributed by atoms with E-state index in [9.17, 15) is 15.0 Å². The van der Waals surface area contributed by atoms with Gasteiger partial charge in [-0.3, -0.25) is 0 Å². The van der Waals surface area contributed by atoms with E-state index in [1.807, 2.05) is 0 Å². The fourth-order valence-corrected chi connectivity index (χ4v) is 4.09. The molecule has 0 aromatic carbocycles. The second kappa shape index (κ2) is 3.93. The van der Waals surface area contributed by atoms with Crippen LogP contribution in [0.3, 0.4) is 0 Å². The van der Waals surface area contributed by atoms with Crippen LogP contribution in [0.1, 0.15) is 39.5 Å². The third-order valence-electron chi connectivity index (χ3n) is 5.13. The molecule has 1 heterocycles. The van der Waals surface area contributed by atoms with E-state index in [0.29, 0.717) is 24.3 Å². The average molecular weight is 264 g/mol. The van der Waals surface area contributed by atoms with E-state index in [-0.39, 0.29) is 17.6 Å². The maximum atomic E-state index is 11.8. The number of fused-ring (bicyclic) bond motifs is 2. The first-order valence-electron chi connectivity index (χ1n) is 6.85. The normalized spacial score (nSPS) is 41.6. The van der Waals surface area contributed by atoms with Gasteiger partial charge in [-0.15, -0.1) is 0 Å². The molecule has 104 valence electrons. The topological polar surface area (TPSA) is 66.8 Å². The van der Waals surface area contributed by atoms with Crippen LogP contribution in [-0.2, 0) is 9.53 Å². The molecule has 1 fully saturated rings. The zero-order valence-corrected chi connectivity index (χ0v) is 11.4. The lowest BCUT2D eigenvalue weighted by Crippen LogP contribution is -2.48. The molecule has 0 saturated heterocycles. The predicted molar refractivity (Wildman–Crippen MR) is 69.0 cm³/mol. The molecule has 0 aromatic heterocycles. The van der Waals surface area contributed by atoms with E-state index in [0.717, 1.165) is 12.8 Å². The van der Waals surface area contributed by atoms with Gasteiger partial charge in [0.15, 0.2) is 0 Å². The summed E-state index contributed by atoms with van der Waals surface area (Å²) in [6, 6.07) is 0. The Bertz CT molecular complexity index is 504. The lowest BCUT2D eigenvalue weighted by Gasteiger charge is -2.49. The summed E-state index contributed by atoms with van der Waals surface area (Å²) >= 11 is 0. The molecule has 0 radical (unpaired) electrons. The van der Waals surface area contributed by atoms with Crippen molar-refractivity contribution in [3.05, 3.63) is 22.8 Å². The van der Waals surface area contributed by atoms with Crippen molar-refractivity contribution in [2.45, 2.75) is 45.3 Å². The highest BCUT2D eigenvalue weighted by atomic mass is 16.7. The minimum Gasteiger partial charge on any atom is -0.426 e. The van der Waals surface area contributed by atoms with Gasteiger partial charge in [0.05, 0.1) is 12.2 Å². The highest BCUT2D eigenvalue weighted by Gasteiger charge is 2.57. The minimum absolute atomic E-state index is 0.0394. The van der Waals surface area contributed by atoms with Crippen LogP contribution in [0.2, 0.25) is 0 Å². The van der Waals surface area contributed by atoms with Crippen molar-refractivity contribution in [3.8, 4) is 0 Å². The minimum atomic E-state index is -1.49. The van der Waals surface area contributed by atoms with Crippen LogP contribution in [0.25, 0.3) is 0 Å². The molecule has 1 aliphatic heterocycles. The van der Waals surface area contributed by atoms with Gasteiger partial charge < -0.3 is 14.9 Å². The molecule has 3 rings (SSSR count). The second-order valence-electron chi connectivity index (χ2n) is 6.36. The fraction of sp³-hybridized carbons (Fsp3) is 0.667. The van der Waals surface area contributed by atoms with Crippen molar-refractivity contribution in [1.82, 2.24) is 0 Å². The zero-order valence-electron chi connectivity index (χ0n) is 11.4. The molecule has 3 aliphatic rings. The summed E-state index contributed by atoms with van der Waals surface area (Å²) in [6.45, 7) is 3.92. The number of hydrogen-bond acceptors (Lipinski definition) is 4. The first-order valence-corrected chi connectivity index (χ1v) is 6.85. The number of esters is 1. The van der Waals surface area contributed by atoms with Gasteiger partial charge in [0.2, 0.25) is 5.79 Å². The maximum Gasteiger partial charge on any atom is 0.339 e. The third-order valence-corrected chi connectivity index (χ3v) is 5.13. The average Bonchev–Trinajstić information content (AvgIpc) is 2.55. The van der Waals surface area contributed by atoms with Crippen LogP contribution in [0.15, 0.2) is 22.8 Å². The molecular weight excluding hydrogens is 244 g/mol. The number of ether oxygens (including phenoxy) is 1. The van der Waals surface area contributed by atoms with Gasteiger partial charge in [-0.1, -0.05) is 18.6 Å². The number of aliphatic hydroxyl groups is 2. The second-order valence-corrected chi connectivity index (χ2v) is 6.36. The first-order chi connectivity index (χ1) is 8.89. The molecule has 0 amide bonds. The summed E-state index contributed by atoms with van der Waals surface area (Å²) in [5, 5.41) is 20.0. The van der Waals surface area contributed by atoms with Crippen molar-refractivity contribution in [2.24, 2.45) is 11.3 Å². The summed E-state index contributed by atoms with van der Waals surface area (Å²) < 4.78 is 5.17. The summed E-state index contributed by atoms with van der Waals surface area (Å²) in [5.74, 6) is -1.73. The Morgan fingerprint density at radius 1 is 1.53 bits per heavy atom. The van der Waals surface area contributed by atoms with E-state index in [2.05, 4.69) is 19.9 Å². The molecule has 0 spiro atoms. The molecule has 3 unspecified atom stereocenters. The van der Waals surface area contributed by atoms with Crippen LogP contribution >= 0.6 is 0 Å². The van der Waals surface area contributed by atoms with E-state index in [1.54, 1.807) is 0 Å². The Labute approximate surface area is 112 Å². The molecule has 0 bridgehead atoms. The van der Waals surface area contributed by atoms with Crippen LogP contribution in [-0.4, -0.2) is 28.6 Å². The molecule has 19 heavy (non-hydrogen) atoms. The Balaban J connectivity index is 2.06. The smallest absolute Gasteiger partial charge is 0.339 e. The summed E-state index contributed by atoms with van der Waals surface area (Å²) in [6.07, 6.45) is 5.29. The van der Waals surface area contributed by atoms with Crippen molar-refractivity contribution in [3.63, 3.8) is 0 Å². The number of carbonyl (C=O) groups excluding carboxylic acids is 1. The SMILES string of the molecule is CC1=CCCC2(C)CC3(O)OC(=O)C(CO)=C3CC12. The Morgan fingerprint density at radius 3 is 2.95 bits per heavy atom. The maximum absolute atomic E-state index is 11.8. The standard InChI is InChI=1S/C15H20O4/c1-9-4-3-5-14(2)8-15(18)12(6-11(9)14)10(7-16)13(17)19-15/h4,11,16,18H,3,5-8H2,1-2H3. The molecule has 4 heteroatoms. The van der Waals surface area contributed by atoms with Crippen molar-refractivity contribution >= 4 is 5.97 Å². The molecular formula is C15H20O4. The van der Waals surface area contributed by atoms with E-state index >= 15 is 0 Å². The summed E-state index contributed by atoms with van der Waals surface area (Å²) in [5.41, 5.74) is 2.13. The quantitative estimate of drug-likeness (QED) is 0.558. The zero-order chi connectivity index (χ0) is 13.8. The first kappa shape index (κ1) is 12.9. The summed E-state index contributed by atoms with van der Waals surface area (Å²) in [7, 11) is 0. The Hall–Kier alpha value is -1.13. The number of allylic oxidation sites excluding steroid dienone is 2. The molecule has 0 aromatic rings. The monoisotopic (exact) mass is 264 g/mol. The molecule has 4 nitrogen and oxygen atoms in total. The number of carbonyl (C=O) groups is 1. The van der Waals surface area contributed by atoms with Gasteiger partial charge in [0.25, 0.3) is 0 Å². The molecule has 2 aliphatic carbocycles. The van der Waals surface area contributed by atoms with Crippen LogP contribution < -0.4 is 0 Å². The lowest BCUT2D eigenvalue weighted by molar-refractivity contribution is -0.202. The summed E-state index contributed by atoms with van der Waals surface area (Å²) in [4.78, 5) is 11.8.